The van der Waals surface area contributed by atoms with Gasteiger partial charge >= 0.3 is 0 Å². The Labute approximate surface area is 144 Å². The molecule has 0 aliphatic carbocycles. The lowest BCUT2D eigenvalue weighted by atomic mass is 10.1. The Morgan fingerprint density at radius 3 is 2.52 bits per heavy atom. The molecule has 0 spiro atoms. The molecule has 5 heteroatoms. The fraction of sp³-hybridized carbons (Fsp3) is 0.278. The highest BCUT2D eigenvalue weighted by atomic mass is 35.5. The van der Waals surface area contributed by atoms with Crippen molar-refractivity contribution in [1.29, 1.82) is 0 Å². The van der Waals surface area contributed by atoms with Crippen LogP contribution in [0.1, 0.15) is 31.9 Å². The van der Waals surface area contributed by atoms with Crippen molar-refractivity contribution >= 4 is 28.8 Å². The Balaban J connectivity index is 2.10. The van der Waals surface area contributed by atoms with Gasteiger partial charge in [-0.2, -0.15) is 4.40 Å². The summed E-state index contributed by atoms with van der Waals surface area (Å²) in [5.74, 6) is 0.802. The van der Waals surface area contributed by atoms with Gasteiger partial charge in [0.25, 0.3) is 0 Å². The number of rotatable bonds is 5. The maximum Gasteiger partial charge on any atom is 0.144 e. The van der Waals surface area contributed by atoms with E-state index < -0.39 is 11.0 Å². The third-order valence-electron chi connectivity index (χ3n) is 2.95. The Bertz CT molecular complexity index is 709. The molecular formula is C18H20ClNO2S. The standard InChI is InChI=1S/C18H20ClNO2S/c1-18(2,3)23(21)20-12-14-9-15(11-16(19)10-14)13-22-17-7-5-4-6-8-17/h4-12H,13H2,1-3H3. The van der Waals surface area contributed by atoms with Gasteiger partial charge in [0.1, 0.15) is 23.3 Å². The lowest BCUT2D eigenvalue weighted by Gasteiger charge is -2.12. The van der Waals surface area contributed by atoms with E-state index >= 15 is 0 Å². The van der Waals surface area contributed by atoms with Gasteiger partial charge in [-0.15, -0.1) is 0 Å². The molecule has 2 rings (SSSR count). The molecule has 0 aliphatic rings. The summed E-state index contributed by atoms with van der Waals surface area (Å²) >= 11 is 6.14. The molecular weight excluding hydrogens is 330 g/mol. The summed E-state index contributed by atoms with van der Waals surface area (Å²) in [6, 6.07) is 15.2. The first-order valence-corrected chi connectivity index (χ1v) is 8.76. The smallest absolute Gasteiger partial charge is 0.144 e. The molecule has 0 bridgehead atoms. The molecule has 0 heterocycles. The summed E-state index contributed by atoms with van der Waals surface area (Å²) < 4.78 is 21.4. The van der Waals surface area contributed by atoms with Crippen LogP contribution >= 0.6 is 11.6 Å². The fourth-order valence-corrected chi connectivity index (χ4v) is 2.58. The lowest BCUT2D eigenvalue weighted by molar-refractivity contribution is 0.306. The summed E-state index contributed by atoms with van der Waals surface area (Å²) in [6.07, 6.45) is 1.60. The third kappa shape index (κ3) is 5.81. The summed E-state index contributed by atoms with van der Waals surface area (Å²) in [5.41, 5.74) is 1.74. The number of halogens is 1. The van der Waals surface area contributed by atoms with Crippen molar-refractivity contribution in [2.75, 3.05) is 0 Å². The van der Waals surface area contributed by atoms with E-state index in [4.69, 9.17) is 16.3 Å². The average Bonchev–Trinajstić information content (AvgIpc) is 2.50. The molecule has 23 heavy (non-hydrogen) atoms. The number of nitrogens with zero attached hydrogens (tertiary/aromatic N) is 1. The van der Waals surface area contributed by atoms with Crippen LogP contribution in [0, 0.1) is 0 Å². The maximum atomic E-state index is 12.0. The van der Waals surface area contributed by atoms with E-state index in [1.807, 2.05) is 63.2 Å². The van der Waals surface area contributed by atoms with Crippen LogP contribution in [0.4, 0.5) is 0 Å². The largest absolute Gasteiger partial charge is 0.489 e. The van der Waals surface area contributed by atoms with Crippen LogP contribution < -0.4 is 4.74 Å². The molecule has 0 saturated carbocycles. The van der Waals surface area contributed by atoms with Crippen LogP contribution in [0.15, 0.2) is 52.9 Å². The minimum Gasteiger partial charge on any atom is -0.489 e. The van der Waals surface area contributed by atoms with E-state index in [9.17, 15) is 4.21 Å². The number of hydrogen-bond donors (Lipinski definition) is 0. The van der Waals surface area contributed by atoms with Gasteiger partial charge in [0, 0.05) is 11.2 Å². The zero-order valence-corrected chi connectivity index (χ0v) is 15.0. The molecule has 0 aromatic heterocycles. The van der Waals surface area contributed by atoms with Crippen molar-refractivity contribution < 1.29 is 8.95 Å². The minimum atomic E-state index is -1.29. The normalized spacial score (nSPS) is 13.2. The minimum absolute atomic E-state index is 0.381. The van der Waals surface area contributed by atoms with Crippen LogP contribution in [0.25, 0.3) is 0 Å². The second-order valence-corrected chi connectivity index (χ2v) is 8.46. The summed E-state index contributed by atoms with van der Waals surface area (Å²) in [6.45, 7) is 6.07. The number of ether oxygens (including phenoxy) is 1. The van der Waals surface area contributed by atoms with Crippen molar-refractivity contribution in [2.24, 2.45) is 4.40 Å². The van der Waals surface area contributed by atoms with Gasteiger partial charge in [-0.3, -0.25) is 0 Å². The Morgan fingerprint density at radius 1 is 1.17 bits per heavy atom. The lowest BCUT2D eigenvalue weighted by Crippen LogP contribution is -2.19. The van der Waals surface area contributed by atoms with Crippen LogP contribution in [-0.2, 0) is 17.6 Å². The summed E-state index contributed by atoms with van der Waals surface area (Å²) in [7, 11) is -1.29. The zero-order chi connectivity index (χ0) is 16.9. The molecule has 2 aromatic rings. The molecule has 0 saturated heterocycles. The van der Waals surface area contributed by atoms with Crippen molar-refractivity contribution in [1.82, 2.24) is 0 Å². The molecule has 0 radical (unpaired) electrons. The highest BCUT2D eigenvalue weighted by Crippen LogP contribution is 2.18. The summed E-state index contributed by atoms with van der Waals surface area (Å²) in [4.78, 5) is 0. The fourth-order valence-electron chi connectivity index (χ4n) is 1.78. The van der Waals surface area contributed by atoms with E-state index in [1.165, 1.54) is 0 Å². The first kappa shape index (κ1) is 17.7. The van der Waals surface area contributed by atoms with Crippen LogP contribution in [0.5, 0.6) is 5.75 Å². The highest BCUT2D eigenvalue weighted by Gasteiger charge is 2.18. The molecule has 0 fully saturated rings. The van der Waals surface area contributed by atoms with E-state index in [1.54, 1.807) is 12.3 Å². The van der Waals surface area contributed by atoms with Gasteiger partial charge in [-0.1, -0.05) is 29.8 Å². The first-order chi connectivity index (χ1) is 10.8. The average molecular weight is 350 g/mol. The Hall–Kier alpha value is -1.65. The third-order valence-corrected chi connectivity index (χ3v) is 4.51. The van der Waals surface area contributed by atoms with Gasteiger partial charge < -0.3 is 4.74 Å². The monoisotopic (exact) mass is 349 g/mol. The Morgan fingerprint density at radius 2 is 1.87 bits per heavy atom. The van der Waals surface area contributed by atoms with Gasteiger partial charge in [0.05, 0.1) is 4.75 Å². The van der Waals surface area contributed by atoms with Gasteiger partial charge in [-0.25, -0.2) is 4.21 Å². The van der Waals surface area contributed by atoms with E-state index in [0.29, 0.717) is 11.6 Å². The quantitative estimate of drug-likeness (QED) is 0.727. The second kappa shape index (κ2) is 7.75. The number of para-hydroxylation sites is 1. The number of hydrogen-bond acceptors (Lipinski definition) is 2. The second-order valence-electron chi connectivity index (χ2n) is 6.09. The molecule has 0 aliphatic heterocycles. The molecule has 3 nitrogen and oxygen atoms in total. The SMILES string of the molecule is CC(C)(C)S(=O)N=Cc1cc(Cl)cc(COc2ccccc2)c1. The Kier molecular flexibility index (Phi) is 5.97. The highest BCUT2D eigenvalue weighted by molar-refractivity contribution is 7.85. The number of benzene rings is 2. The van der Waals surface area contributed by atoms with E-state index in [2.05, 4.69) is 4.40 Å². The van der Waals surface area contributed by atoms with E-state index in [-0.39, 0.29) is 4.75 Å². The maximum absolute atomic E-state index is 12.0. The van der Waals surface area contributed by atoms with Crippen LogP contribution in [0.3, 0.4) is 0 Å². The topological polar surface area (TPSA) is 38.7 Å². The molecule has 122 valence electrons. The molecule has 1 atom stereocenters. The van der Waals surface area contributed by atoms with Gasteiger partial charge in [0.2, 0.25) is 0 Å². The van der Waals surface area contributed by atoms with Crippen molar-refractivity contribution in [3.63, 3.8) is 0 Å². The van der Waals surface area contributed by atoms with E-state index in [0.717, 1.165) is 16.9 Å². The molecule has 1 unspecified atom stereocenters. The van der Waals surface area contributed by atoms with Crippen molar-refractivity contribution in [2.45, 2.75) is 32.1 Å². The molecule has 0 N–H and O–H groups in total. The molecule has 0 amide bonds. The first-order valence-electron chi connectivity index (χ1n) is 7.28. The zero-order valence-electron chi connectivity index (χ0n) is 13.5. The van der Waals surface area contributed by atoms with Crippen molar-refractivity contribution in [3.8, 4) is 5.75 Å². The van der Waals surface area contributed by atoms with Crippen molar-refractivity contribution in [3.05, 3.63) is 64.7 Å². The van der Waals surface area contributed by atoms with Crippen LogP contribution in [0.2, 0.25) is 5.02 Å². The van der Waals surface area contributed by atoms with Crippen LogP contribution in [-0.4, -0.2) is 15.2 Å². The van der Waals surface area contributed by atoms with Gasteiger partial charge in [0.15, 0.2) is 0 Å². The predicted octanol–water partition coefficient (Wildman–Crippen LogP) is 4.80. The predicted molar refractivity (Wildman–Crippen MR) is 97.7 cm³/mol. The molecule has 2 aromatic carbocycles. The summed E-state index contributed by atoms with van der Waals surface area (Å²) in [5, 5.41) is 0.599. The van der Waals surface area contributed by atoms with Gasteiger partial charge in [-0.05, 0) is 62.2 Å².